The molecule has 4 rings (SSSR count). The molecule has 1 saturated heterocycles. The molecule has 0 spiro atoms. The zero-order valence-electron chi connectivity index (χ0n) is 15.2. The van der Waals surface area contributed by atoms with E-state index in [1.165, 1.54) is 6.20 Å². The Bertz CT molecular complexity index is 996. The third-order valence-electron chi connectivity index (χ3n) is 5.33. The zero-order valence-corrected chi connectivity index (χ0v) is 15.2. The van der Waals surface area contributed by atoms with Crippen molar-refractivity contribution in [2.45, 2.75) is 32.4 Å². The minimum absolute atomic E-state index is 0.0588. The lowest BCUT2D eigenvalue weighted by molar-refractivity contribution is 0.0689. The van der Waals surface area contributed by atoms with Crippen LogP contribution in [0.15, 0.2) is 42.9 Å². The number of hydrogen-bond acceptors (Lipinski definition) is 3. The highest BCUT2D eigenvalue weighted by Gasteiger charge is 2.27. The first-order valence-electron chi connectivity index (χ1n) is 9.23. The minimum atomic E-state index is -0.971. The van der Waals surface area contributed by atoms with E-state index in [9.17, 15) is 9.59 Å². The van der Waals surface area contributed by atoms with Crippen LogP contribution < -0.4 is 0 Å². The minimum Gasteiger partial charge on any atom is -0.478 e. The molecule has 1 fully saturated rings. The molecule has 1 N–H and O–H groups in total. The van der Waals surface area contributed by atoms with Crippen molar-refractivity contribution in [2.75, 3.05) is 13.1 Å². The summed E-state index contributed by atoms with van der Waals surface area (Å²) in [6.07, 6.45) is 6.42. The Morgan fingerprint density at radius 1 is 1.19 bits per heavy atom. The first kappa shape index (κ1) is 17.3. The van der Waals surface area contributed by atoms with E-state index in [0.29, 0.717) is 13.1 Å². The monoisotopic (exact) mass is 366 g/mol. The van der Waals surface area contributed by atoms with Crippen molar-refractivity contribution in [1.29, 1.82) is 0 Å². The van der Waals surface area contributed by atoms with Crippen molar-refractivity contribution in [2.24, 2.45) is 0 Å². The molecule has 1 amide bonds. The Hall–Kier alpha value is -3.09. The van der Waals surface area contributed by atoms with Crippen LogP contribution in [0.2, 0.25) is 0 Å². The van der Waals surface area contributed by atoms with Gasteiger partial charge in [0, 0.05) is 42.9 Å². The molecule has 0 bridgehead atoms. The second kappa shape index (κ2) is 6.90. The van der Waals surface area contributed by atoms with E-state index in [1.807, 2.05) is 35.4 Å². The van der Waals surface area contributed by atoms with E-state index in [0.717, 1.165) is 35.9 Å². The Labute approximate surface area is 156 Å². The van der Waals surface area contributed by atoms with Crippen LogP contribution in [-0.2, 0) is 6.54 Å². The molecule has 1 aliphatic heterocycles. The molecular weight excluding hydrogens is 344 g/mol. The summed E-state index contributed by atoms with van der Waals surface area (Å²) in [4.78, 5) is 26.0. The van der Waals surface area contributed by atoms with Crippen molar-refractivity contribution in [3.63, 3.8) is 0 Å². The number of para-hydroxylation sites is 1. The molecule has 0 unspecified atom stereocenters. The van der Waals surface area contributed by atoms with Crippen LogP contribution in [0.4, 0.5) is 0 Å². The summed E-state index contributed by atoms with van der Waals surface area (Å²) in [6, 6.07) is 8.12. The van der Waals surface area contributed by atoms with Crippen LogP contribution in [0, 0.1) is 0 Å². The molecule has 2 aromatic heterocycles. The molecule has 7 heteroatoms. The van der Waals surface area contributed by atoms with Gasteiger partial charge in [-0.25, -0.2) is 4.79 Å². The summed E-state index contributed by atoms with van der Waals surface area (Å²) in [5.74, 6) is -0.912. The molecule has 0 saturated carbocycles. The molecule has 3 heterocycles. The van der Waals surface area contributed by atoms with Crippen LogP contribution in [0.3, 0.4) is 0 Å². The average Bonchev–Trinajstić information content (AvgIpc) is 3.33. The number of carbonyl (C=O) groups is 2. The Morgan fingerprint density at radius 3 is 2.59 bits per heavy atom. The standard InChI is InChI=1S/C20H22N4O3/c1-2-22-13-17(16-5-3-4-6-18(16)22)19(25)23-9-7-15(8-10-23)24-12-14(11-21-24)20(26)27/h3-6,11-13,15H,2,7-10H2,1H3,(H,26,27). The van der Waals surface area contributed by atoms with E-state index >= 15 is 0 Å². The highest BCUT2D eigenvalue weighted by Crippen LogP contribution is 2.27. The average molecular weight is 366 g/mol. The smallest absolute Gasteiger partial charge is 0.338 e. The highest BCUT2D eigenvalue weighted by atomic mass is 16.4. The largest absolute Gasteiger partial charge is 0.478 e. The number of amides is 1. The van der Waals surface area contributed by atoms with Gasteiger partial charge in [0.05, 0.1) is 23.4 Å². The second-order valence-corrected chi connectivity index (χ2v) is 6.88. The number of likely N-dealkylation sites (tertiary alicyclic amines) is 1. The number of aromatic nitrogens is 3. The van der Waals surface area contributed by atoms with Gasteiger partial charge < -0.3 is 14.6 Å². The van der Waals surface area contributed by atoms with Crippen molar-refractivity contribution < 1.29 is 14.7 Å². The number of rotatable bonds is 4. The number of piperidine rings is 1. The summed E-state index contributed by atoms with van der Waals surface area (Å²) < 4.78 is 3.82. The van der Waals surface area contributed by atoms with Crippen molar-refractivity contribution >= 4 is 22.8 Å². The first-order chi connectivity index (χ1) is 13.1. The summed E-state index contributed by atoms with van der Waals surface area (Å²) in [5.41, 5.74) is 2.02. The highest BCUT2D eigenvalue weighted by molar-refractivity contribution is 6.07. The fourth-order valence-corrected chi connectivity index (χ4v) is 3.83. The van der Waals surface area contributed by atoms with Crippen LogP contribution in [0.25, 0.3) is 10.9 Å². The van der Waals surface area contributed by atoms with E-state index in [-0.39, 0.29) is 17.5 Å². The number of aryl methyl sites for hydroxylation is 1. The molecule has 0 aliphatic carbocycles. The van der Waals surface area contributed by atoms with Gasteiger partial charge in [0.2, 0.25) is 0 Å². The van der Waals surface area contributed by atoms with E-state index in [2.05, 4.69) is 16.6 Å². The Morgan fingerprint density at radius 2 is 1.93 bits per heavy atom. The maximum atomic E-state index is 13.1. The summed E-state index contributed by atoms with van der Waals surface area (Å²) in [7, 11) is 0. The lowest BCUT2D eigenvalue weighted by atomic mass is 10.0. The second-order valence-electron chi connectivity index (χ2n) is 6.88. The van der Waals surface area contributed by atoms with Crippen LogP contribution in [-0.4, -0.2) is 49.3 Å². The fraction of sp³-hybridized carbons (Fsp3) is 0.350. The fourth-order valence-electron chi connectivity index (χ4n) is 3.83. The van der Waals surface area contributed by atoms with Crippen molar-refractivity contribution in [1.82, 2.24) is 19.2 Å². The molecule has 140 valence electrons. The molecule has 27 heavy (non-hydrogen) atoms. The lowest BCUT2D eigenvalue weighted by Crippen LogP contribution is -2.39. The number of fused-ring (bicyclic) bond motifs is 1. The van der Waals surface area contributed by atoms with Gasteiger partial charge in [-0.2, -0.15) is 5.10 Å². The molecule has 7 nitrogen and oxygen atoms in total. The van der Waals surface area contributed by atoms with Gasteiger partial charge in [-0.3, -0.25) is 9.48 Å². The lowest BCUT2D eigenvalue weighted by Gasteiger charge is -2.32. The van der Waals surface area contributed by atoms with Gasteiger partial charge >= 0.3 is 5.97 Å². The first-order valence-corrected chi connectivity index (χ1v) is 9.23. The molecular formula is C20H22N4O3. The van der Waals surface area contributed by atoms with Crippen molar-refractivity contribution in [3.8, 4) is 0 Å². The third kappa shape index (κ3) is 3.09. The maximum absolute atomic E-state index is 13.1. The van der Waals surface area contributed by atoms with E-state index in [4.69, 9.17) is 5.11 Å². The van der Waals surface area contributed by atoms with Crippen molar-refractivity contribution in [3.05, 3.63) is 54.0 Å². The van der Waals surface area contributed by atoms with Gasteiger partial charge in [0.15, 0.2) is 0 Å². The topological polar surface area (TPSA) is 80.4 Å². The molecule has 1 aliphatic rings. The normalized spacial score (nSPS) is 15.4. The molecule has 1 aromatic carbocycles. The van der Waals surface area contributed by atoms with Gasteiger partial charge in [-0.1, -0.05) is 18.2 Å². The Kier molecular flexibility index (Phi) is 4.43. The predicted molar refractivity (Wildman–Crippen MR) is 101 cm³/mol. The number of benzene rings is 1. The Balaban J connectivity index is 1.50. The number of carboxylic acids is 1. The number of carbonyl (C=O) groups excluding carboxylic acids is 1. The van der Waals surface area contributed by atoms with Crippen LogP contribution in [0.5, 0.6) is 0 Å². The number of carboxylic acid groups (broad SMARTS) is 1. The van der Waals surface area contributed by atoms with E-state index in [1.54, 1.807) is 10.9 Å². The van der Waals surface area contributed by atoms with Gasteiger partial charge in [-0.05, 0) is 25.8 Å². The summed E-state index contributed by atoms with van der Waals surface area (Å²) in [5, 5.41) is 14.2. The van der Waals surface area contributed by atoms with Crippen LogP contribution >= 0.6 is 0 Å². The van der Waals surface area contributed by atoms with Gasteiger partial charge in [0.1, 0.15) is 0 Å². The predicted octanol–water partition coefficient (Wildman–Crippen LogP) is 3.03. The van der Waals surface area contributed by atoms with Crippen LogP contribution in [0.1, 0.15) is 46.5 Å². The summed E-state index contributed by atoms with van der Waals surface area (Å²) in [6.45, 7) is 4.16. The molecule has 3 aromatic rings. The number of hydrogen-bond donors (Lipinski definition) is 1. The van der Waals surface area contributed by atoms with Gasteiger partial charge in [0.25, 0.3) is 5.91 Å². The molecule has 0 atom stereocenters. The maximum Gasteiger partial charge on any atom is 0.338 e. The molecule has 0 radical (unpaired) electrons. The quantitative estimate of drug-likeness (QED) is 0.770. The number of nitrogens with zero attached hydrogens (tertiary/aromatic N) is 4. The summed E-state index contributed by atoms with van der Waals surface area (Å²) >= 11 is 0. The zero-order chi connectivity index (χ0) is 19.0. The number of aromatic carboxylic acids is 1. The van der Waals surface area contributed by atoms with Gasteiger partial charge in [-0.15, -0.1) is 0 Å². The van der Waals surface area contributed by atoms with E-state index < -0.39 is 5.97 Å². The SMILES string of the molecule is CCn1cc(C(=O)N2CCC(n3cc(C(=O)O)cn3)CC2)c2ccccc21. The third-order valence-corrected chi connectivity index (χ3v) is 5.33.